The van der Waals surface area contributed by atoms with Gasteiger partial charge in [0.2, 0.25) is 5.91 Å². The van der Waals surface area contributed by atoms with Crippen molar-refractivity contribution in [3.63, 3.8) is 0 Å². The lowest BCUT2D eigenvalue weighted by Crippen LogP contribution is -2.56. The summed E-state index contributed by atoms with van der Waals surface area (Å²) in [6.45, 7) is 11.6. The molecule has 2 aromatic carbocycles. The number of rotatable bonds is 11. The Bertz CT molecular complexity index is 1390. The zero-order valence-corrected chi connectivity index (χ0v) is 26.4. The highest BCUT2D eigenvalue weighted by Crippen LogP contribution is 2.68. The third-order valence-electron chi connectivity index (χ3n) is 8.73. The van der Waals surface area contributed by atoms with E-state index in [-0.39, 0.29) is 41.6 Å². The van der Waals surface area contributed by atoms with Gasteiger partial charge in [0.1, 0.15) is 6.04 Å². The molecule has 7 atom stereocenters. The molecule has 5 rings (SSSR count). The van der Waals surface area contributed by atoms with Gasteiger partial charge < -0.3 is 19.6 Å². The standard InChI is InChI=1S/C33H37BrN2O5S/c1-5-7-16-41-32(40)26-27-30(38)36(25(19-37)22-11-9-8-10-12-22)29(33(27)18-23(34)28(26)42-33)31(39)35(15-6-2)24-17-20(3)13-14-21(24)4/h5-6,8-14,17,23,25-29,37H,1-2,7,15-16,18-19H2,3-4H3/t23?,25-,26+,27+,28+,29?,33?/m1/s1. The van der Waals surface area contributed by atoms with Crippen molar-refractivity contribution in [1.82, 2.24) is 4.90 Å². The number of likely N-dealkylation sites (tertiary alicyclic amines) is 1. The van der Waals surface area contributed by atoms with Crippen LogP contribution in [0.4, 0.5) is 5.69 Å². The van der Waals surface area contributed by atoms with E-state index >= 15 is 0 Å². The molecule has 3 aliphatic rings. The topological polar surface area (TPSA) is 87.1 Å². The highest BCUT2D eigenvalue weighted by Gasteiger charge is 2.76. The number of halogens is 1. The summed E-state index contributed by atoms with van der Waals surface area (Å²) in [6, 6.07) is 13.5. The van der Waals surface area contributed by atoms with Crippen LogP contribution in [0.2, 0.25) is 0 Å². The number of aliphatic hydroxyl groups is 1. The van der Waals surface area contributed by atoms with Crippen molar-refractivity contribution in [3.8, 4) is 0 Å². The van der Waals surface area contributed by atoms with E-state index in [9.17, 15) is 19.5 Å². The summed E-state index contributed by atoms with van der Waals surface area (Å²) >= 11 is 5.35. The molecule has 2 aromatic rings. The van der Waals surface area contributed by atoms with E-state index in [1.54, 1.807) is 33.7 Å². The van der Waals surface area contributed by atoms with Crippen LogP contribution in [0.5, 0.6) is 0 Å². The minimum absolute atomic E-state index is 0.0865. The molecule has 2 amide bonds. The van der Waals surface area contributed by atoms with Gasteiger partial charge in [0.05, 0.1) is 35.8 Å². The number of hydrogen-bond donors (Lipinski definition) is 1. The van der Waals surface area contributed by atoms with E-state index < -0.39 is 34.6 Å². The summed E-state index contributed by atoms with van der Waals surface area (Å²) in [7, 11) is 0. The minimum Gasteiger partial charge on any atom is -0.465 e. The Kier molecular flexibility index (Phi) is 9.02. The minimum atomic E-state index is -0.923. The lowest BCUT2D eigenvalue weighted by Gasteiger charge is -2.40. The Morgan fingerprint density at radius 3 is 2.62 bits per heavy atom. The first-order valence-electron chi connectivity index (χ1n) is 14.3. The number of amides is 2. The molecule has 0 radical (unpaired) electrons. The first kappa shape index (κ1) is 30.6. The van der Waals surface area contributed by atoms with Crippen LogP contribution >= 0.6 is 27.7 Å². The van der Waals surface area contributed by atoms with Crippen LogP contribution in [0.1, 0.15) is 35.6 Å². The molecule has 1 spiro atoms. The van der Waals surface area contributed by atoms with Crippen LogP contribution in [0.25, 0.3) is 0 Å². The molecular formula is C33H37BrN2O5S. The van der Waals surface area contributed by atoms with E-state index in [0.29, 0.717) is 12.8 Å². The number of aryl methyl sites for hydroxylation is 2. The number of thioether (sulfide) groups is 1. The van der Waals surface area contributed by atoms with Crippen LogP contribution in [0.3, 0.4) is 0 Å². The highest BCUT2D eigenvalue weighted by molar-refractivity contribution is 9.09. The van der Waals surface area contributed by atoms with Gasteiger partial charge in [-0.25, -0.2) is 0 Å². The van der Waals surface area contributed by atoms with Crippen molar-refractivity contribution in [3.05, 3.63) is 90.5 Å². The number of carbonyl (C=O) groups excluding carboxylic acids is 3. The normalized spacial score (nSPS) is 28.3. The van der Waals surface area contributed by atoms with Gasteiger partial charge in [0, 0.05) is 22.3 Å². The summed E-state index contributed by atoms with van der Waals surface area (Å²) in [6.07, 6.45) is 4.41. The maximum atomic E-state index is 15.0. The van der Waals surface area contributed by atoms with Gasteiger partial charge in [0.15, 0.2) is 0 Å². The summed E-state index contributed by atoms with van der Waals surface area (Å²) in [4.78, 5) is 46.3. The lowest BCUT2D eigenvalue weighted by molar-refractivity contribution is -0.154. The van der Waals surface area contributed by atoms with Crippen molar-refractivity contribution < 1.29 is 24.2 Å². The van der Waals surface area contributed by atoms with Gasteiger partial charge in [-0.1, -0.05) is 70.5 Å². The van der Waals surface area contributed by atoms with Crippen LogP contribution in [-0.2, 0) is 19.1 Å². The van der Waals surface area contributed by atoms with Gasteiger partial charge in [-0.3, -0.25) is 14.4 Å². The number of alkyl halides is 1. The predicted octanol–water partition coefficient (Wildman–Crippen LogP) is 5.14. The molecular weight excluding hydrogens is 616 g/mol. The number of ether oxygens (including phenoxy) is 1. The Morgan fingerprint density at radius 2 is 1.95 bits per heavy atom. The van der Waals surface area contributed by atoms with Gasteiger partial charge in [0.25, 0.3) is 5.91 Å². The summed E-state index contributed by atoms with van der Waals surface area (Å²) in [5.74, 6) is -2.44. The van der Waals surface area contributed by atoms with Crippen LogP contribution in [-0.4, -0.2) is 68.4 Å². The second-order valence-corrected chi connectivity index (χ2v) is 14.0. The largest absolute Gasteiger partial charge is 0.465 e. The molecule has 1 N–H and O–H groups in total. The molecule has 3 unspecified atom stereocenters. The molecule has 0 aliphatic carbocycles. The van der Waals surface area contributed by atoms with Gasteiger partial charge in [-0.2, -0.15) is 0 Å². The Hall–Kier alpha value is -2.88. The maximum absolute atomic E-state index is 15.0. The van der Waals surface area contributed by atoms with Crippen molar-refractivity contribution >= 4 is 51.2 Å². The van der Waals surface area contributed by atoms with Crippen molar-refractivity contribution in [2.24, 2.45) is 11.8 Å². The number of benzene rings is 2. The summed E-state index contributed by atoms with van der Waals surface area (Å²) in [5, 5.41) is 10.5. The van der Waals surface area contributed by atoms with Crippen LogP contribution in [0, 0.1) is 25.7 Å². The number of anilines is 1. The Balaban J connectivity index is 1.65. The van der Waals surface area contributed by atoms with Crippen molar-refractivity contribution in [1.29, 1.82) is 0 Å². The number of fused-ring (bicyclic) bond motifs is 1. The van der Waals surface area contributed by atoms with Crippen molar-refractivity contribution in [2.45, 2.75) is 53.6 Å². The Morgan fingerprint density at radius 1 is 1.21 bits per heavy atom. The van der Waals surface area contributed by atoms with Crippen LogP contribution < -0.4 is 4.90 Å². The fourth-order valence-corrected chi connectivity index (χ4v) is 10.5. The van der Waals surface area contributed by atoms with E-state index in [2.05, 4.69) is 29.1 Å². The van der Waals surface area contributed by atoms with E-state index in [4.69, 9.17) is 4.74 Å². The molecule has 222 valence electrons. The zero-order chi connectivity index (χ0) is 30.2. The molecule has 3 fully saturated rings. The molecule has 3 saturated heterocycles. The van der Waals surface area contributed by atoms with Gasteiger partial charge in [-0.05, 0) is 49.4 Å². The second kappa shape index (κ2) is 12.4. The fourth-order valence-electron chi connectivity index (χ4n) is 6.91. The molecule has 2 bridgehead atoms. The molecule has 7 nitrogen and oxygen atoms in total. The Labute approximate surface area is 260 Å². The van der Waals surface area contributed by atoms with Crippen molar-refractivity contribution in [2.75, 3.05) is 24.7 Å². The average Bonchev–Trinajstić information content (AvgIpc) is 3.57. The van der Waals surface area contributed by atoms with Gasteiger partial charge >= 0.3 is 5.97 Å². The molecule has 42 heavy (non-hydrogen) atoms. The molecule has 3 heterocycles. The number of carbonyl (C=O) groups is 3. The van der Waals surface area contributed by atoms with Crippen LogP contribution in [0.15, 0.2) is 73.8 Å². The monoisotopic (exact) mass is 652 g/mol. The molecule has 3 aliphatic heterocycles. The molecule has 0 saturated carbocycles. The second-order valence-electron chi connectivity index (χ2n) is 11.3. The van der Waals surface area contributed by atoms with Gasteiger partial charge in [-0.15, -0.1) is 24.9 Å². The predicted molar refractivity (Wildman–Crippen MR) is 170 cm³/mol. The van der Waals surface area contributed by atoms with E-state index in [0.717, 1.165) is 22.4 Å². The van der Waals surface area contributed by atoms with E-state index in [1.165, 1.54) is 0 Å². The highest BCUT2D eigenvalue weighted by atomic mass is 79.9. The number of hydrogen-bond acceptors (Lipinski definition) is 6. The maximum Gasteiger partial charge on any atom is 0.310 e. The third kappa shape index (κ3) is 5.03. The average molecular weight is 654 g/mol. The fraction of sp³-hybridized carbons (Fsp3) is 0.424. The molecule has 9 heteroatoms. The summed E-state index contributed by atoms with van der Waals surface area (Å²) < 4.78 is 4.75. The number of aliphatic hydroxyl groups excluding tert-OH is 1. The SMILES string of the molecule is C=CCCOC(=O)[C@H]1[C@H]2C(=O)N([C@H](CO)c3ccccc3)C(C(=O)N(CC=C)c3cc(C)ccc3C)C23CC(Br)[C@@H]1S3. The lowest BCUT2D eigenvalue weighted by atomic mass is 9.71. The summed E-state index contributed by atoms with van der Waals surface area (Å²) in [5.41, 5.74) is 3.41. The number of esters is 1. The first-order chi connectivity index (χ1) is 20.2. The van der Waals surface area contributed by atoms with E-state index in [1.807, 2.05) is 62.4 Å². The quantitative estimate of drug-likeness (QED) is 0.157. The molecule has 0 aromatic heterocycles. The third-order valence-corrected chi connectivity index (χ3v) is 11.9. The smallest absolute Gasteiger partial charge is 0.310 e. The number of nitrogens with zero attached hydrogens (tertiary/aromatic N) is 2. The zero-order valence-electron chi connectivity index (χ0n) is 23.9. The first-order valence-corrected chi connectivity index (χ1v) is 16.1.